The summed E-state index contributed by atoms with van der Waals surface area (Å²) in [5, 5.41) is 7.40. The van der Waals surface area contributed by atoms with Crippen LogP contribution >= 0.6 is 0 Å². The molecule has 4 heterocycles. The Balaban J connectivity index is 1.19. The van der Waals surface area contributed by atoms with Gasteiger partial charge in [0.05, 0.1) is 229 Å². The summed E-state index contributed by atoms with van der Waals surface area (Å²) in [5.41, 5.74) is -1.11. The van der Waals surface area contributed by atoms with Crippen molar-refractivity contribution in [2.45, 2.75) is 128 Å². The summed E-state index contributed by atoms with van der Waals surface area (Å²) in [4.78, 5) is 212. The fourth-order valence-electron chi connectivity index (χ4n) is 9.81. The van der Waals surface area contributed by atoms with E-state index in [2.05, 4.69) is 10.6 Å². The molecule has 0 aromatic rings. The first-order valence-electron chi connectivity index (χ1n) is 37.8. The van der Waals surface area contributed by atoms with Crippen LogP contribution in [0.15, 0.2) is 0 Å². The summed E-state index contributed by atoms with van der Waals surface area (Å²) in [7, 11) is 0. The number of hydroxylamine groups is 8. The molecule has 0 radical (unpaired) electrons. The largest absolute Gasteiger partial charge is 0.380 e. The molecule has 42 nitrogen and oxygen atoms in total. The zero-order valence-electron chi connectivity index (χ0n) is 64.2. The third-order valence-electron chi connectivity index (χ3n) is 15.8. The van der Waals surface area contributed by atoms with Gasteiger partial charge < -0.3 is 106 Å². The van der Waals surface area contributed by atoms with Crippen molar-refractivity contribution < 1.29 is 172 Å². The molecule has 0 aliphatic carbocycles. The van der Waals surface area contributed by atoms with Gasteiger partial charge in [-0.2, -0.15) is 0 Å². The summed E-state index contributed by atoms with van der Waals surface area (Å²) < 4.78 is 90.1. The molecule has 4 aliphatic heterocycles. The minimum atomic E-state index is -1.11. The normalized spacial score (nSPS) is 14.5. The fraction of sp³-hybridized carbons (Fsp3) is 0.775. The van der Waals surface area contributed by atoms with Gasteiger partial charge in [0.25, 0.3) is 47.3 Å². The number of nitrogens with zero attached hydrogens (tertiary/aromatic N) is 4. The summed E-state index contributed by atoms with van der Waals surface area (Å²) in [6.45, 7) is 3.86. The van der Waals surface area contributed by atoms with Crippen LogP contribution < -0.4 is 10.6 Å². The van der Waals surface area contributed by atoms with Crippen molar-refractivity contribution in [3.05, 3.63) is 0 Å². The number of amides is 10. The van der Waals surface area contributed by atoms with Gasteiger partial charge in [-0.3, -0.25) is 57.5 Å². The predicted molar refractivity (Wildman–Crippen MR) is 376 cm³/mol. The molecule has 0 bridgehead atoms. The maximum atomic E-state index is 13.0. The van der Waals surface area contributed by atoms with Crippen molar-refractivity contribution in [2.75, 3.05) is 225 Å². The van der Waals surface area contributed by atoms with E-state index >= 15 is 0 Å². The van der Waals surface area contributed by atoms with Crippen molar-refractivity contribution >= 4 is 94.5 Å². The molecule has 0 atom stereocenters. The van der Waals surface area contributed by atoms with Crippen LogP contribution in [0.25, 0.3) is 0 Å². The van der Waals surface area contributed by atoms with E-state index < -0.39 is 76.5 Å². The Bertz CT molecular complexity index is 2500. The lowest BCUT2D eigenvalue weighted by Gasteiger charge is -2.33. The SMILES string of the molecule is O=C(CCCOCCOCCOCCC(=O)ON1C(=O)CCC1=O)CCOCC(COCCC(=O)CCCOCCOCCOCCC(=O)ON1C(=O)CCC1=O)(COCCC(=O)NCCOCCOCCOCCC(=O)ON1C(=O)CCC1=O)COCCC(=O)NCCOCCOCCOCCC(=O)ON1C(=O)CCC1=O. The third kappa shape index (κ3) is 46.9. The van der Waals surface area contributed by atoms with Gasteiger partial charge in [-0.15, -0.1) is 20.3 Å². The number of ketones is 2. The monoisotopic (exact) mass is 1620 g/mol. The number of carbonyl (C=O) groups is 16. The minimum absolute atomic E-state index is 0.00585. The van der Waals surface area contributed by atoms with Gasteiger partial charge in [-0.1, -0.05) is 0 Å². The second-order valence-electron chi connectivity index (χ2n) is 25.2. The molecule has 113 heavy (non-hydrogen) atoms. The number of ether oxygens (including phenoxy) is 16. The molecule has 640 valence electrons. The van der Waals surface area contributed by atoms with Gasteiger partial charge in [0.2, 0.25) is 11.8 Å². The van der Waals surface area contributed by atoms with Gasteiger partial charge in [0.15, 0.2) is 0 Å². The number of hydrogen-bond acceptors (Lipinski definition) is 36. The number of hydrogen-bond donors (Lipinski definition) is 2. The zero-order chi connectivity index (χ0) is 81.8. The molecule has 0 aromatic heterocycles. The Kier molecular flexibility index (Phi) is 53.0. The molecule has 0 unspecified atom stereocenters. The number of rotatable bonds is 74. The number of nitrogens with one attached hydrogen (secondary N) is 2. The Morgan fingerprint density at radius 3 is 0.664 bits per heavy atom. The summed E-state index contributed by atoms with van der Waals surface area (Å²) in [5.74, 6) is -8.62. The molecule has 4 rings (SSSR count). The molecule has 42 heteroatoms. The average molecular weight is 1620 g/mol. The van der Waals surface area contributed by atoms with Crippen LogP contribution in [-0.2, 0) is 172 Å². The first kappa shape index (κ1) is 97.4. The standard InChI is InChI=1S/C71H110N6O36/c78-55(3-1-23-94-35-43-102-45-37-96-29-17-67(90)110-74-59(82)5-6-60(74)83)13-25-106-51-71(52-107-26-14-56(79)4-2-24-95-36-44-103-46-38-97-30-18-68(91)111-75-61(84)7-8-62(75)85,53-108-27-15-57(80)72-21-33-100-41-49-104-47-39-98-31-19-69(92)112-76-63(86)9-10-64(76)87)54-109-28-16-58(81)73-22-34-101-42-50-105-48-40-99-32-20-70(93)113-77-65(88)11-12-66(77)89/h1-54H2,(H,72,80)(H,73,81). The van der Waals surface area contributed by atoms with Crippen LogP contribution in [0, 0.1) is 5.41 Å². The van der Waals surface area contributed by atoms with E-state index in [9.17, 15) is 76.7 Å². The highest BCUT2D eigenvalue weighted by Gasteiger charge is 2.37. The van der Waals surface area contributed by atoms with E-state index in [4.69, 9.17) is 95.1 Å². The maximum absolute atomic E-state index is 13.0. The number of Topliss-reactive ketones (excluding diaryl/α,β-unsaturated/α-hetero) is 2. The highest BCUT2D eigenvalue weighted by atomic mass is 16.7. The van der Waals surface area contributed by atoms with Crippen molar-refractivity contribution in [2.24, 2.45) is 5.41 Å². The van der Waals surface area contributed by atoms with E-state index in [0.717, 1.165) is 0 Å². The van der Waals surface area contributed by atoms with Crippen LogP contribution in [-0.4, -0.2) is 339 Å². The Labute approximate surface area is 653 Å². The van der Waals surface area contributed by atoms with E-state index in [-0.39, 0.29) is 363 Å². The molecule has 0 saturated carbocycles. The first-order chi connectivity index (χ1) is 54.7. The molecule has 0 aromatic carbocycles. The first-order valence-corrected chi connectivity index (χ1v) is 37.8. The lowest BCUT2D eigenvalue weighted by atomic mass is 9.92. The van der Waals surface area contributed by atoms with Crippen LogP contribution in [0.4, 0.5) is 0 Å². The lowest BCUT2D eigenvalue weighted by Crippen LogP contribution is -2.42. The van der Waals surface area contributed by atoms with Crippen LogP contribution in [0.3, 0.4) is 0 Å². The van der Waals surface area contributed by atoms with Crippen molar-refractivity contribution in [3.8, 4) is 0 Å². The van der Waals surface area contributed by atoms with Crippen LogP contribution in [0.2, 0.25) is 0 Å². The molecule has 4 aliphatic rings. The Hall–Kier alpha value is -7.92. The van der Waals surface area contributed by atoms with Crippen molar-refractivity contribution in [1.29, 1.82) is 0 Å². The molecular formula is C71H110N6O36. The van der Waals surface area contributed by atoms with E-state index in [1.54, 1.807) is 0 Å². The van der Waals surface area contributed by atoms with Crippen LogP contribution in [0.5, 0.6) is 0 Å². The molecule has 4 fully saturated rings. The van der Waals surface area contributed by atoms with E-state index in [1.165, 1.54) is 0 Å². The van der Waals surface area contributed by atoms with E-state index in [1.807, 2.05) is 0 Å². The molecular weight excluding hydrogens is 1510 g/mol. The lowest BCUT2D eigenvalue weighted by molar-refractivity contribution is -0.198. The molecule has 2 N–H and O–H groups in total. The van der Waals surface area contributed by atoms with Crippen molar-refractivity contribution in [1.82, 2.24) is 30.9 Å². The third-order valence-corrected chi connectivity index (χ3v) is 15.8. The summed E-state index contributed by atoms with van der Waals surface area (Å²) in [6.07, 6.45) is 0.381. The molecule has 0 spiro atoms. The van der Waals surface area contributed by atoms with Gasteiger partial charge in [0.1, 0.15) is 11.6 Å². The number of carbonyl (C=O) groups excluding carboxylic acids is 16. The predicted octanol–water partition coefficient (Wildman–Crippen LogP) is -1.28. The smallest absolute Gasteiger partial charge is 0.335 e. The molecule has 10 amide bonds. The quantitative estimate of drug-likeness (QED) is 0.0529. The van der Waals surface area contributed by atoms with Gasteiger partial charge in [0, 0.05) is 116 Å². The highest BCUT2D eigenvalue weighted by Crippen LogP contribution is 2.23. The fourth-order valence-corrected chi connectivity index (χ4v) is 9.81. The Morgan fingerprint density at radius 1 is 0.230 bits per heavy atom. The summed E-state index contributed by atoms with van der Waals surface area (Å²) >= 11 is 0. The van der Waals surface area contributed by atoms with Crippen LogP contribution in [0.1, 0.15) is 128 Å². The van der Waals surface area contributed by atoms with Gasteiger partial charge >= 0.3 is 23.9 Å². The van der Waals surface area contributed by atoms with Gasteiger partial charge in [-0.05, 0) is 12.8 Å². The molecule has 4 saturated heterocycles. The maximum Gasteiger partial charge on any atom is 0.335 e. The highest BCUT2D eigenvalue weighted by molar-refractivity contribution is 6.03. The minimum Gasteiger partial charge on any atom is -0.380 e. The van der Waals surface area contributed by atoms with Gasteiger partial charge in [-0.25, -0.2) is 19.2 Å². The second kappa shape index (κ2) is 61.5. The van der Waals surface area contributed by atoms with Crippen molar-refractivity contribution in [3.63, 3.8) is 0 Å². The average Bonchev–Trinajstić information content (AvgIpc) is 1.81. The summed E-state index contributed by atoms with van der Waals surface area (Å²) in [6, 6.07) is 0. The Morgan fingerprint density at radius 2 is 0.425 bits per heavy atom. The zero-order valence-corrected chi connectivity index (χ0v) is 64.2. The topological polar surface area (TPSA) is 495 Å². The number of imide groups is 4. The van der Waals surface area contributed by atoms with E-state index in [0.29, 0.717) is 33.1 Å². The second-order valence-corrected chi connectivity index (χ2v) is 25.2.